The third-order valence-corrected chi connectivity index (χ3v) is 2.98. The molecule has 0 bridgehead atoms. The van der Waals surface area contributed by atoms with Gasteiger partial charge >= 0.3 is 0 Å². The Labute approximate surface area is 116 Å². The lowest BCUT2D eigenvalue weighted by atomic mass is 10.1. The van der Waals surface area contributed by atoms with Crippen LogP contribution in [0.25, 0.3) is 6.08 Å². The van der Waals surface area contributed by atoms with Crippen molar-refractivity contribution in [2.24, 2.45) is 0 Å². The Bertz CT molecular complexity index is 639. The van der Waals surface area contributed by atoms with E-state index in [4.69, 9.17) is 0 Å². The van der Waals surface area contributed by atoms with Gasteiger partial charge in [0, 0.05) is 11.9 Å². The Morgan fingerprint density at radius 2 is 2.00 bits per heavy atom. The van der Waals surface area contributed by atoms with Gasteiger partial charge in [0.1, 0.15) is 11.9 Å². The van der Waals surface area contributed by atoms with E-state index < -0.39 is 0 Å². The smallest absolute Gasteiger partial charge is 0.284 e. The number of hydrogen-bond acceptors (Lipinski definition) is 4. The Balaban J connectivity index is 1.60. The lowest BCUT2D eigenvalue weighted by Gasteiger charge is -2.23. The van der Waals surface area contributed by atoms with Gasteiger partial charge in [-0.3, -0.25) is 15.2 Å². The van der Waals surface area contributed by atoms with Crippen LogP contribution in [0.3, 0.4) is 0 Å². The van der Waals surface area contributed by atoms with Crippen molar-refractivity contribution >= 4 is 17.7 Å². The minimum Gasteiger partial charge on any atom is -0.365 e. The van der Waals surface area contributed by atoms with Crippen molar-refractivity contribution in [1.29, 1.82) is 0 Å². The Kier molecular flexibility index (Phi) is 3.43. The normalized spacial score (nSPS) is 16.1. The van der Waals surface area contributed by atoms with E-state index in [1.54, 1.807) is 24.4 Å². The number of nitrogens with one attached hydrogen (secondary N) is 3. The predicted octanol–water partition coefficient (Wildman–Crippen LogP) is 1.78. The number of benzene rings is 1. The molecule has 3 N–H and O–H groups in total. The maximum absolute atomic E-state index is 11.8. The second kappa shape index (κ2) is 5.54. The van der Waals surface area contributed by atoms with Crippen LogP contribution in [0.4, 0.5) is 5.69 Å². The number of fused-ring (bicyclic) bond motifs is 1. The second-order valence-corrected chi connectivity index (χ2v) is 4.38. The highest BCUT2D eigenvalue weighted by atomic mass is 16.2. The molecular weight excluding hydrogens is 252 g/mol. The van der Waals surface area contributed by atoms with Gasteiger partial charge in [-0.1, -0.05) is 30.3 Å². The number of carbonyl (C=O) groups excluding carboxylic acids is 1. The van der Waals surface area contributed by atoms with Crippen LogP contribution < -0.4 is 16.2 Å². The van der Waals surface area contributed by atoms with E-state index >= 15 is 0 Å². The number of amides is 1. The molecule has 20 heavy (non-hydrogen) atoms. The van der Waals surface area contributed by atoms with Crippen LogP contribution in [0.2, 0.25) is 0 Å². The fraction of sp³-hybridized carbons (Fsp3) is 0.0667. The summed E-state index contributed by atoms with van der Waals surface area (Å²) >= 11 is 0. The molecule has 0 radical (unpaired) electrons. The molecule has 1 atom stereocenters. The number of pyridine rings is 1. The number of hydrazine groups is 1. The molecule has 3 rings (SSSR count). The number of rotatable bonds is 3. The molecule has 1 aliphatic heterocycles. The average Bonchev–Trinajstić information content (AvgIpc) is 2.53. The topological polar surface area (TPSA) is 66.1 Å². The number of aromatic nitrogens is 1. The fourth-order valence-corrected chi connectivity index (χ4v) is 1.98. The van der Waals surface area contributed by atoms with E-state index in [2.05, 4.69) is 21.2 Å². The summed E-state index contributed by atoms with van der Waals surface area (Å²) in [5.74, 6) is -0.264. The van der Waals surface area contributed by atoms with Gasteiger partial charge in [0.05, 0.1) is 0 Å². The number of para-hydroxylation sites is 1. The van der Waals surface area contributed by atoms with Gasteiger partial charge in [0.15, 0.2) is 0 Å². The summed E-state index contributed by atoms with van der Waals surface area (Å²) in [6, 6.07) is 13.2. The number of anilines is 1. The van der Waals surface area contributed by atoms with E-state index in [-0.39, 0.29) is 12.1 Å². The number of nitrogens with zero attached hydrogens (tertiary/aromatic N) is 1. The maximum atomic E-state index is 11.8. The minimum atomic E-state index is -0.264. The van der Waals surface area contributed by atoms with E-state index in [9.17, 15) is 4.79 Å². The van der Waals surface area contributed by atoms with Gasteiger partial charge in [-0.25, -0.2) is 5.43 Å². The first kappa shape index (κ1) is 12.4. The van der Waals surface area contributed by atoms with E-state index in [0.717, 1.165) is 11.3 Å². The molecule has 1 aromatic heterocycles. The van der Waals surface area contributed by atoms with Crippen molar-refractivity contribution in [1.82, 2.24) is 15.8 Å². The molecule has 5 heteroatoms. The predicted molar refractivity (Wildman–Crippen MR) is 77.7 cm³/mol. The van der Waals surface area contributed by atoms with Crippen molar-refractivity contribution < 1.29 is 4.79 Å². The van der Waals surface area contributed by atoms with Crippen molar-refractivity contribution in [3.63, 3.8) is 0 Å². The van der Waals surface area contributed by atoms with Crippen molar-refractivity contribution in [2.75, 3.05) is 5.32 Å². The molecule has 0 aliphatic carbocycles. The lowest BCUT2D eigenvalue weighted by molar-refractivity contribution is 0.0925. The molecule has 2 heterocycles. The highest BCUT2D eigenvalue weighted by Crippen LogP contribution is 2.21. The van der Waals surface area contributed by atoms with Crippen LogP contribution in [0.15, 0.2) is 54.7 Å². The third-order valence-electron chi connectivity index (χ3n) is 2.98. The monoisotopic (exact) mass is 266 g/mol. The SMILES string of the molecule is O=C(NNC1C=Cc2ccccc2N1)c1ccccn1. The first-order valence-electron chi connectivity index (χ1n) is 6.33. The largest absolute Gasteiger partial charge is 0.365 e. The summed E-state index contributed by atoms with van der Waals surface area (Å²) in [5.41, 5.74) is 8.09. The van der Waals surface area contributed by atoms with Crippen molar-refractivity contribution in [2.45, 2.75) is 6.17 Å². The Hall–Kier alpha value is -2.66. The Morgan fingerprint density at radius 3 is 2.85 bits per heavy atom. The molecule has 0 spiro atoms. The lowest BCUT2D eigenvalue weighted by Crippen LogP contribution is -2.47. The highest BCUT2D eigenvalue weighted by Gasteiger charge is 2.13. The third kappa shape index (κ3) is 2.67. The van der Waals surface area contributed by atoms with Gasteiger partial charge in [-0.2, -0.15) is 0 Å². The van der Waals surface area contributed by atoms with Crippen LogP contribution in [0, 0.1) is 0 Å². The zero-order valence-electron chi connectivity index (χ0n) is 10.7. The van der Waals surface area contributed by atoms with Crippen molar-refractivity contribution in [3.8, 4) is 0 Å². The first-order chi connectivity index (χ1) is 9.83. The molecule has 1 aromatic carbocycles. The molecule has 0 saturated heterocycles. The molecule has 1 unspecified atom stereocenters. The van der Waals surface area contributed by atoms with Crippen LogP contribution in [-0.2, 0) is 0 Å². The molecule has 1 aliphatic rings. The van der Waals surface area contributed by atoms with Gasteiger partial charge in [-0.15, -0.1) is 0 Å². The van der Waals surface area contributed by atoms with E-state index in [0.29, 0.717) is 5.69 Å². The summed E-state index contributed by atoms with van der Waals surface area (Å²) in [4.78, 5) is 15.8. The van der Waals surface area contributed by atoms with Gasteiger partial charge in [0.25, 0.3) is 5.91 Å². The molecule has 5 nitrogen and oxygen atoms in total. The number of hydrogen-bond donors (Lipinski definition) is 3. The van der Waals surface area contributed by atoms with Gasteiger partial charge in [0.2, 0.25) is 0 Å². The van der Waals surface area contributed by atoms with E-state index in [1.807, 2.05) is 36.4 Å². The summed E-state index contributed by atoms with van der Waals surface area (Å²) < 4.78 is 0. The van der Waals surface area contributed by atoms with Crippen LogP contribution >= 0.6 is 0 Å². The molecule has 0 fully saturated rings. The highest BCUT2D eigenvalue weighted by molar-refractivity contribution is 5.91. The summed E-state index contributed by atoms with van der Waals surface area (Å²) in [6.07, 6.45) is 5.39. The van der Waals surface area contributed by atoms with Crippen LogP contribution in [0.5, 0.6) is 0 Å². The average molecular weight is 266 g/mol. The van der Waals surface area contributed by atoms with E-state index in [1.165, 1.54) is 0 Å². The van der Waals surface area contributed by atoms with Crippen LogP contribution in [0.1, 0.15) is 16.1 Å². The molecule has 100 valence electrons. The Morgan fingerprint density at radius 1 is 1.15 bits per heavy atom. The molecular formula is C15H14N4O. The zero-order chi connectivity index (χ0) is 13.8. The summed E-state index contributed by atoms with van der Waals surface area (Å²) in [7, 11) is 0. The number of carbonyl (C=O) groups is 1. The summed E-state index contributed by atoms with van der Waals surface area (Å²) in [6.45, 7) is 0. The first-order valence-corrected chi connectivity index (χ1v) is 6.33. The minimum absolute atomic E-state index is 0.155. The second-order valence-electron chi connectivity index (χ2n) is 4.38. The standard InChI is InChI=1S/C15H14N4O/c20-15(13-7-3-4-10-16-13)19-18-14-9-8-11-5-1-2-6-12(11)17-14/h1-10,14,17-18H,(H,19,20). The van der Waals surface area contributed by atoms with Crippen molar-refractivity contribution in [3.05, 3.63) is 66.0 Å². The van der Waals surface area contributed by atoms with Gasteiger partial charge in [-0.05, 0) is 29.8 Å². The zero-order valence-corrected chi connectivity index (χ0v) is 10.7. The maximum Gasteiger partial charge on any atom is 0.284 e. The quantitative estimate of drug-likeness (QED) is 0.741. The van der Waals surface area contributed by atoms with Crippen LogP contribution in [-0.4, -0.2) is 17.1 Å². The molecule has 0 saturated carbocycles. The van der Waals surface area contributed by atoms with Gasteiger partial charge < -0.3 is 5.32 Å². The molecule has 1 amide bonds. The fourth-order valence-electron chi connectivity index (χ4n) is 1.98. The summed E-state index contributed by atoms with van der Waals surface area (Å²) in [5, 5.41) is 3.27. The molecule has 2 aromatic rings.